The van der Waals surface area contributed by atoms with E-state index in [0.29, 0.717) is 28.6 Å². The van der Waals surface area contributed by atoms with Gasteiger partial charge in [-0.15, -0.1) is 0 Å². The molecule has 0 spiro atoms. The molecule has 2 N–H and O–H groups in total. The lowest BCUT2D eigenvalue weighted by Crippen LogP contribution is -2.30. The number of amides is 1. The molecule has 0 unspecified atom stereocenters. The molecule has 0 bridgehead atoms. The third-order valence-electron chi connectivity index (χ3n) is 3.38. The van der Waals surface area contributed by atoms with Gasteiger partial charge in [0.1, 0.15) is 5.69 Å². The number of halogens is 2. The van der Waals surface area contributed by atoms with Crippen molar-refractivity contribution >= 4 is 40.9 Å². The Kier molecular flexibility index (Phi) is 6.61. The number of nitrogens with one attached hydrogen (secondary N) is 2. The molecule has 1 aromatic heterocycles. The van der Waals surface area contributed by atoms with Crippen LogP contribution in [0.15, 0.2) is 30.5 Å². The summed E-state index contributed by atoms with van der Waals surface area (Å²) >= 11 is 11.9. The van der Waals surface area contributed by atoms with E-state index in [9.17, 15) is 14.4 Å². The first kappa shape index (κ1) is 19.0. The number of aromatic amines is 1. The van der Waals surface area contributed by atoms with Gasteiger partial charge in [-0.25, -0.2) is 4.79 Å². The highest BCUT2D eigenvalue weighted by molar-refractivity contribution is 6.35. The molecule has 0 atom stereocenters. The Labute approximate surface area is 154 Å². The predicted octanol–water partition coefficient (Wildman–Crippen LogP) is 3.04. The fourth-order valence-electron chi connectivity index (χ4n) is 2.04. The van der Waals surface area contributed by atoms with E-state index in [1.807, 2.05) is 0 Å². The highest BCUT2D eigenvalue weighted by atomic mass is 35.5. The van der Waals surface area contributed by atoms with Crippen LogP contribution < -0.4 is 5.32 Å². The van der Waals surface area contributed by atoms with E-state index in [4.69, 9.17) is 27.9 Å². The van der Waals surface area contributed by atoms with Crippen LogP contribution in [0.25, 0.3) is 0 Å². The van der Waals surface area contributed by atoms with Crippen molar-refractivity contribution in [2.75, 3.05) is 13.2 Å². The summed E-state index contributed by atoms with van der Waals surface area (Å²) in [7, 11) is 0. The number of ether oxygens (including phenoxy) is 1. The van der Waals surface area contributed by atoms with Crippen LogP contribution in [0.3, 0.4) is 0 Å². The van der Waals surface area contributed by atoms with Crippen LogP contribution >= 0.6 is 23.2 Å². The number of esters is 1. The molecule has 6 nitrogen and oxygen atoms in total. The molecule has 1 aromatic carbocycles. The number of carbonyl (C=O) groups is 3. The molecule has 1 amide bonds. The normalized spacial score (nSPS) is 10.4. The summed E-state index contributed by atoms with van der Waals surface area (Å²) in [5.74, 6) is -1.31. The van der Waals surface area contributed by atoms with Gasteiger partial charge in [-0.3, -0.25) is 9.59 Å². The van der Waals surface area contributed by atoms with E-state index in [0.717, 1.165) is 5.56 Å². The van der Waals surface area contributed by atoms with E-state index in [-0.39, 0.29) is 11.5 Å². The van der Waals surface area contributed by atoms with E-state index in [1.54, 1.807) is 18.2 Å². The summed E-state index contributed by atoms with van der Waals surface area (Å²) in [6, 6.07) is 6.52. The van der Waals surface area contributed by atoms with Crippen LogP contribution in [0.1, 0.15) is 33.3 Å². The molecule has 0 aliphatic heterocycles. The summed E-state index contributed by atoms with van der Waals surface area (Å²) in [5, 5.41) is 3.70. The van der Waals surface area contributed by atoms with Gasteiger partial charge in [0.25, 0.3) is 5.91 Å². The first-order valence-corrected chi connectivity index (χ1v) is 8.19. The van der Waals surface area contributed by atoms with Crippen LogP contribution in [0, 0.1) is 0 Å². The zero-order valence-corrected chi connectivity index (χ0v) is 14.9. The molecule has 0 fully saturated rings. The summed E-state index contributed by atoms with van der Waals surface area (Å²) in [6.07, 6.45) is 1.93. The minimum absolute atomic E-state index is 0.117. The van der Waals surface area contributed by atoms with Gasteiger partial charge >= 0.3 is 5.97 Å². The molecular formula is C17H16Cl2N2O4. The first-order chi connectivity index (χ1) is 11.9. The van der Waals surface area contributed by atoms with Crippen LogP contribution in [-0.2, 0) is 16.0 Å². The Bertz CT molecular complexity index is 802. The number of Topliss-reactive ketones (excluding diaryl/α,β-unsaturated/α-hetero) is 1. The number of rotatable bonds is 7. The smallest absolute Gasteiger partial charge is 0.355 e. The third-order valence-corrected chi connectivity index (χ3v) is 3.96. The van der Waals surface area contributed by atoms with E-state index in [1.165, 1.54) is 19.2 Å². The lowest BCUT2D eigenvalue weighted by atomic mass is 10.1. The molecule has 2 rings (SSSR count). The molecule has 25 heavy (non-hydrogen) atoms. The molecule has 1 heterocycles. The molecule has 0 saturated carbocycles. The van der Waals surface area contributed by atoms with E-state index < -0.39 is 18.5 Å². The van der Waals surface area contributed by atoms with Gasteiger partial charge in [0, 0.05) is 28.4 Å². The molecule has 2 aromatic rings. The highest BCUT2D eigenvalue weighted by Crippen LogP contribution is 2.21. The van der Waals surface area contributed by atoms with Crippen LogP contribution in [0.4, 0.5) is 0 Å². The van der Waals surface area contributed by atoms with E-state index in [2.05, 4.69) is 10.3 Å². The SMILES string of the molecule is CC(=O)c1c[nH]c(C(=O)OCC(=O)NCCc2ccc(Cl)cc2Cl)c1. The molecule has 8 heteroatoms. The monoisotopic (exact) mass is 382 g/mol. The Morgan fingerprint density at radius 2 is 1.96 bits per heavy atom. The van der Waals surface area contributed by atoms with Crippen molar-refractivity contribution in [2.45, 2.75) is 13.3 Å². The minimum Gasteiger partial charge on any atom is -0.451 e. The quantitative estimate of drug-likeness (QED) is 0.568. The standard InChI is InChI=1S/C17H16Cl2N2O4/c1-10(22)12-6-15(21-8-12)17(24)25-9-16(23)20-5-4-11-2-3-13(18)7-14(11)19/h2-3,6-8,21H,4-5,9H2,1H3,(H,20,23). The van der Waals surface area contributed by atoms with Crippen molar-refractivity contribution in [2.24, 2.45) is 0 Å². The average Bonchev–Trinajstić information content (AvgIpc) is 3.05. The molecule has 0 radical (unpaired) electrons. The zero-order valence-electron chi connectivity index (χ0n) is 13.4. The van der Waals surface area contributed by atoms with Crippen LogP contribution in [-0.4, -0.2) is 35.8 Å². The third kappa shape index (κ3) is 5.62. The minimum atomic E-state index is -0.705. The fourth-order valence-corrected chi connectivity index (χ4v) is 2.54. The maximum Gasteiger partial charge on any atom is 0.355 e. The zero-order chi connectivity index (χ0) is 18.4. The molecular weight excluding hydrogens is 367 g/mol. The maximum atomic E-state index is 11.8. The number of hydrogen-bond donors (Lipinski definition) is 2. The number of carbonyl (C=O) groups excluding carboxylic acids is 3. The number of ketones is 1. The van der Waals surface area contributed by atoms with E-state index >= 15 is 0 Å². The van der Waals surface area contributed by atoms with Gasteiger partial charge in [-0.05, 0) is 37.1 Å². The Morgan fingerprint density at radius 3 is 2.60 bits per heavy atom. The van der Waals surface area contributed by atoms with Crippen molar-refractivity contribution in [1.82, 2.24) is 10.3 Å². The van der Waals surface area contributed by atoms with Crippen LogP contribution in [0.2, 0.25) is 10.0 Å². The van der Waals surface area contributed by atoms with Gasteiger partial charge in [-0.2, -0.15) is 0 Å². The largest absolute Gasteiger partial charge is 0.451 e. The average molecular weight is 383 g/mol. The van der Waals surface area contributed by atoms with Crippen molar-refractivity contribution in [1.29, 1.82) is 0 Å². The second-order valence-electron chi connectivity index (χ2n) is 5.27. The summed E-state index contributed by atoms with van der Waals surface area (Å²) in [4.78, 5) is 37.3. The Balaban J connectivity index is 1.74. The second-order valence-corrected chi connectivity index (χ2v) is 6.11. The van der Waals surface area contributed by atoms with Gasteiger partial charge in [0.15, 0.2) is 12.4 Å². The summed E-state index contributed by atoms with van der Waals surface area (Å²) in [6.45, 7) is 1.31. The number of benzene rings is 1. The van der Waals surface area contributed by atoms with Gasteiger partial charge < -0.3 is 15.0 Å². The number of hydrogen-bond acceptors (Lipinski definition) is 4. The lowest BCUT2D eigenvalue weighted by Gasteiger charge is -2.07. The van der Waals surface area contributed by atoms with Gasteiger partial charge in [0.05, 0.1) is 0 Å². The maximum absolute atomic E-state index is 11.8. The number of aromatic nitrogens is 1. The second kappa shape index (κ2) is 8.69. The fraction of sp³-hybridized carbons (Fsp3) is 0.235. The predicted molar refractivity (Wildman–Crippen MR) is 94.3 cm³/mol. The topological polar surface area (TPSA) is 88.3 Å². The first-order valence-electron chi connectivity index (χ1n) is 7.44. The lowest BCUT2D eigenvalue weighted by molar-refractivity contribution is -0.124. The van der Waals surface area contributed by atoms with Gasteiger partial charge in [-0.1, -0.05) is 29.3 Å². The van der Waals surface area contributed by atoms with Crippen molar-refractivity contribution < 1.29 is 19.1 Å². The van der Waals surface area contributed by atoms with Gasteiger partial charge in [0.2, 0.25) is 0 Å². The summed E-state index contributed by atoms with van der Waals surface area (Å²) < 4.78 is 4.89. The molecule has 0 saturated heterocycles. The Morgan fingerprint density at radius 1 is 1.20 bits per heavy atom. The van der Waals surface area contributed by atoms with Crippen molar-refractivity contribution in [3.63, 3.8) is 0 Å². The Hall–Kier alpha value is -2.31. The highest BCUT2D eigenvalue weighted by Gasteiger charge is 2.13. The van der Waals surface area contributed by atoms with Crippen molar-refractivity contribution in [3.05, 3.63) is 57.3 Å². The molecule has 0 aliphatic rings. The molecule has 132 valence electrons. The van der Waals surface area contributed by atoms with Crippen LogP contribution in [0.5, 0.6) is 0 Å². The van der Waals surface area contributed by atoms with Crippen molar-refractivity contribution in [3.8, 4) is 0 Å². The number of H-pyrrole nitrogens is 1. The molecule has 0 aliphatic carbocycles. The summed E-state index contributed by atoms with van der Waals surface area (Å²) in [5.41, 5.74) is 1.34.